The lowest BCUT2D eigenvalue weighted by Crippen LogP contribution is -2.45. The van der Waals surface area contributed by atoms with E-state index in [1.807, 2.05) is 0 Å². The van der Waals surface area contributed by atoms with Gasteiger partial charge in [0, 0.05) is 24.8 Å². The van der Waals surface area contributed by atoms with E-state index in [2.05, 4.69) is 5.16 Å². The van der Waals surface area contributed by atoms with Gasteiger partial charge in [-0.3, -0.25) is 4.79 Å². The number of amides is 1. The molecule has 2 atom stereocenters. The molecule has 1 aromatic heterocycles. The molecule has 0 saturated carbocycles. The second-order valence-electron chi connectivity index (χ2n) is 7.62. The Morgan fingerprint density at radius 1 is 1.28 bits per heavy atom. The molecule has 2 saturated heterocycles. The fourth-order valence-electron chi connectivity index (χ4n) is 4.00. The van der Waals surface area contributed by atoms with Crippen LogP contribution < -0.4 is 0 Å². The van der Waals surface area contributed by atoms with Gasteiger partial charge in [0.15, 0.2) is 9.84 Å². The number of nitrogens with zero attached hydrogens (tertiary/aromatic N) is 2. The molecule has 0 unspecified atom stereocenters. The van der Waals surface area contributed by atoms with Crippen molar-refractivity contribution in [2.75, 3.05) is 24.7 Å². The van der Waals surface area contributed by atoms with Crippen LogP contribution in [0.3, 0.4) is 0 Å². The molecule has 2 aromatic rings. The average molecular weight is 422 g/mol. The number of rotatable bonds is 5. The topological polar surface area (TPSA) is 89.7 Å². The van der Waals surface area contributed by atoms with Crippen LogP contribution in [0.4, 0.5) is 4.39 Å². The van der Waals surface area contributed by atoms with Gasteiger partial charge in [0.2, 0.25) is 0 Å². The molecule has 1 amide bonds. The van der Waals surface area contributed by atoms with Crippen LogP contribution in [0.25, 0.3) is 11.3 Å². The first-order chi connectivity index (χ1) is 13.8. The first-order valence-electron chi connectivity index (χ1n) is 9.69. The zero-order valence-corrected chi connectivity index (χ0v) is 17.0. The van der Waals surface area contributed by atoms with Gasteiger partial charge in [-0.1, -0.05) is 5.16 Å². The van der Waals surface area contributed by atoms with E-state index in [1.54, 1.807) is 11.8 Å². The zero-order chi connectivity index (χ0) is 20.6. The molecule has 3 heterocycles. The third kappa shape index (κ3) is 4.20. The summed E-state index contributed by atoms with van der Waals surface area (Å²) < 4.78 is 48.4. The normalized spacial score (nSPS) is 23.4. The molecule has 0 radical (unpaired) electrons. The SMILES string of the molecule is Cc1onc(-c2ccc(F)cc2)c1C(=O)N(C[C@H]1CCCO1)[C@@H]1CCS(=O)(=O)C1. The van der Waals surface area contributed by atoms with Crippen LogP contribution in [0.5, 0.6) is 0 Å². The van der Waals surface area contributed by atoms with E-state index in [0.717, 1.165) is 12.8 Å². The quantitative estimate of drug-likeness (QED) is 0.736. The molecule has 9 heteroatoms. The van der Waals surface area contributed by atoms with Crippen molar-refractivity contribution < 1.29 is 26.9 Å². The lowest BCUT2D eigenvalue weighted by Gasteiger charge is -2.30. The van der Waals surface area contributed by atoms with E-state index < -0.39 is 21.7 Å². The zero-order valence-electron chi connectivity index (χ0n) is 16.1. The van der Waals surface area contributed by atoms with Crippen molar-refractivity contribution >= 4 is 15.7 Å². The molecule has 2 aliphatic heterocycles. The second kappa shape index (κ2) is 7.87. The Morgan fingerprint density at radius 2 is 2.03 bits per heavy atom. The lowest BCUT2D eigenvalue weighted by molar-refractivity contribution is 0.0440. The number of carbonyl (C=O) groups excluding carboxylic acids is 1. The van der Waals surface area contributed by atoms with Gasteiger partial charge >= 0.3 is 0 Å². The minimum atomic E-state index is -3.17. The number of hydrogen-bond acceptors (Lipinski definition) is 6. The van der Waals surface area contributed by atoms with E-state index in [4.69, 9.17) is 9.26 Å². The number of sulfone groups is 1. The number of aromatic nitrogens is 1. The molecule has 1 aromatic carbocycles. The standard InChI is InChI=1S/C20H23FN2O5S/c1-13-18(19(22-28-13)14-4-6-15(21)7-5-14)20(24)23(11-17-3-2-9-27-17)16-8-10-29(25,26)12-16/h4-7,16-17H,2-3,8-12H2,1H3/t16-,17-/m1/s1. The first kappa shape index (κ1) is 20.0. The summed E-state index contributed by atoms with van der Waals surface area (Å²) in [5, 5.41) is 4.01. The number of hydrogen-bond donors (Lipinski definition) is 0. The third-order valence-electron chi connectivity index (χ3n) is 5.53. The smallest absolute Gasteiger partial charge is 0.260 e. The Morgan fingerprint density at radius 3 is 2.66 bits per heavy atom. The molecule has 29 heavy (non-hydrogen) atoms. The van der Waals surface area contributed by atoms with E-state index >= 15 is 0 Å². The van der Waals surface area contributed by atoms with Gasteiger partial charge in [-0.2, -0.15) is 0 Å². The van der Waals surface area contributed by atoms with Gasteiger partial charge in [0.1, 0.15) is 22.8 Å². The van der Waals surface area contributed by atoms with Crippen LogP contribution in [0.2, 0.25) is 0 Å². The summed E-state index contributed by atoms with van der Waals surface area (Å²) in [7, 11) is -3.17. The predicted octanol–water partition coefficient (Wildman–Crippen LogP) is 2.60. The molecular formula is C20H23FN2O5S. The number of halogens is 1. The van der Waals surface area contributed by atoms with Gasteiger partial charge in [-0.05, 0) is 50.5 Å². The summed E-state index contributed by atoms with van der Waals surface area (Å²) in [5.74, 6) is -0.367. The maximum Gasteiger partial charge on any atom is 0.260 e. The number of carbonyl (C=O) groups is 1. The van der Waals surface area contributed by atoms with Crippen molar-refractivity contribution in [3.05, 3.63) is 41.4 Å². The highest BCUT2D eigenvalue weighted by molar-refractivity contribution is 7.91. The van der Waals surface area contributed by atoms with Crippen LogP contribution in [0.15, 0.2) is 28.8 Å². The van der Waals surface area contributed by atoms with Crippen LogP contribution in [-0.2, 0) is 14.6 Å². The largest absolute Gasteiger partial charge is 0.376 e. The van der Waals surface area contributed by atoms with Crippen molar-refractivity contribution in [3.8, 4) is 11.3 Å². The number of benzene rings is 1. The van der Waals surface area contributed by atoms with Crippen LogP contribution in [-0.4, -0.2) is 61.2 Å². The predicted molar refractivity (Wildman–Crippen MR) is 104 cm³/mol. The highest BCUT2D eigenvalue weighted by Gasteiger charge is 2.38. The molecule has 2 fully saturated rings. The second-order valence-corrected chi connectivity index (χ2v) is 9.85. The molecule has 2 aliphatic rings. The highest BCUT2D eigenvalue weighted by Crippen LogP contribution is 2.30. The van der Waals surface area contributed by atoms with Crippen molar-refractivity contribution in [2.45, 2.75) is 38.3 Å². The van der Waals surface area contributed by atoms with Gasteiger partial charge in [0.25, 0.3) is 5.91 Å². The lowest BCUT2D eigenvalue weighted by atomic mass is 10.0. The average Bonchev–Trinajstić information content (AvgIpc) is 3.40. The van der Waals surface area contributed by atoms with E-state index in [-0.39, 0.29) is 29.1 Å². The van der Waals surface area contributed by atoms with Gasteiger partial charge in [0.05, 0.1) is 17.6 Å². The molecule has 156 valence electrons. The Hall–Kier alpha value is -2.26. The van der Waals surface area contributed by atoms with Crippen LogP contribution in [0, 0.1) is 12.7 Å². The molecule has 0 bridgehead atoms. The minimum absolute atomic E-state index is 0.0539. The minimum Gasteiger partial charge on any atom is -0.376 e. The fraction of sp³-hybridized carbons (Fsp3) is 0.500. The van der Waals surface area contributed by atoms with Gasteiger partial charge < -0.3 is 14.2 Å². The maximum absolute atomic E-state index is 13.6. The van der Waals surface area contributed by atoms with Crippen LogP contribution in [0.1, 0.15) is 35.4 Å². The van der Waals surface area contributed by atoms with Gasteiger partial charge in [-0.15, -0.1) is 0 Å². The monoisotopic (exact) mass is 422 g/mol. The number of ether oxygens (including phenoxy) is 1. The van der Waals surface area contributed by atoms with Gasteiger partial charge in [-0.25, -0.2) is 12.8 Å². The third-order valence-corrected chi connectivity index (χ3v) is 7.28. The summed E-state index contributed by atoms with van der Waals surface area (Å²) in [5.41, 5.74) is 1.16. The Labute approximate surface area is 168 Å². The van der Waals surface area contributed by atoms with Crippen molar-refractivity contribution in [1.29, 1.82) is 0 Å². The molecule has 0 N–H and O–H groups in total. The summed E-state index contributed by atoms with van der Waals surface area (Å²) in [4.78, 5) is 15.2. The van der Waals surface area contributed by atoms with E-state index in [9.17, 15) is 17.6 Å². The number of aryl methyl sites for hydroxylation is 1. The van der Waals surface area contributed by atoms with Crippen molar-refractivity contribution in [2.24, 2.45) is 0 Å². The molecule has 4 rings (SSSR count). The molecule has 7 nitrogen and oxygen atoms in total. The summed E-state index contributed by atoms with van der Waals surface area (Å²) >= 11 is 0. The first-order valence-corrected chi connectivity index (χ1v) is 11.5. The molecular weight excluding hydrogens is 399 g/mol. The maximum atomic E-state index is 13.6. The molecule has 0 spiro atoms. The Balaban J connectivity index is 1.68. The highest BCUT2D eigenvalue weighted by atomic mass is 32.2. The Bertz CT molecular complexity index is 996. The summed E-state index contributed by atoms with van der Waals surface area (Å²) in [6.45, 7) is 2.61. The summed E-state index contributed by atoms with van der Waals surface area (Å²) in [6, 6.07) is 5.25. The van der Waals surface area contributed by atoms with Crippen molar-refractivity contribution in [3.63, 3.8) is 0 Å². The van der Waals surface area contributed by atoms with Crippen molar-refractivity contribution in [1.82, 2.24) is 10.1 Å². The van der Waals surface area contributed by atoms with E-state index in [0.29, 0.717) is 36.6 Å². The van der Waals surface area contributed by atoms with Crippen LogP contribution >= 0.6 is 0 Å². The van der Waals surface area contributed by atoms with E-state index in [1.165, 1.54) is 24.3 Å². The Kier molecular flexibility index (Phi) is 5.44. The summed E-state index contributed by atoms with van der Waals surface area (Å²) in [6.07, 6.45) is 2.04. The molecule has 0 aliphatic carbocycles. The fourth-order valence-corrected chi connectivity index (χ4v) is 5.73.